The summed E-state index contributed by atoms with van der Waals surface area (Å²) < 4.78 is 34.7. The smallest absolute Gasteiger partial charge is 0.294 e. The maximum Gasteiger partial charge on any atom is 0.294 e. The van der Waals surface area contributed by atoms with E-state index in [1.165, 1.54) is 47.1 Å². The van der Waals surface area contributed by atoms with Gasteiger partial charge in [0.1, 0.15) is 11.5 Å². The number of anilines is 2. The van der Waals surface area contributed by atoms with Crippen LogP contribution in [0.3, 0.4) is 0 Å². The van der Waals surface area contributed by atoms with E-state index in [4.69, 9.17) is 4.74 Å². The zero-order chi connectivity index (χ0) is 29.3. The lowest BCUT2D eigenvalue weighted by atomic mass is 9.98. The zero-order valence-corrected chi connectivity index (χ0v) is 24.0. The van der Waals surface area contributed by atoms with Gasteiger partial charge in [-0.15, -0.1) is 0 Å². The molecule has 13 heteroatoms. The Labute approximate surface area is 242 Å². The summed E-state index contributed by atoms with van der Waals surface area (Å²) in [6.07, 6.45) is 8.27. The van der Waals surface area contributed by atoms with Crippen LogP contribution in [0.4, 0.5) is 11.6 Å². The molecule has 0 aliphatic carbocycles. The highest BCUT2D eigenvalue weighted by Gasteiger charge is 2.23. The molecule has 0 amide bonds. The zero-order valence-electron chi connectivity index (χ0n) is 23.2. The van der Waals surface area contributed by atoms with E-state index in [0.29, 0.717) is 22.9 Å². The number of aromatic nitrogens is 6. The number of benzene rings is 1. The second-order valence-electron chi connectivity index (χ2n) is 10.1. The predicted molar refractivity (Wildman–Crippen MR) is 158 cm³/mol. The maximum atomic E-state index is 13.5. The molecule has 12 nitrogen and oxygen atoms in total. The first kappa shape index (κ1) is 27.5. The van der Waals surface area contributed by atoms with Crippen LogP contribution < -0.4 is 15.6 Å². The minimum atomic E-state index is -3.97. The van der Waals surface area contributed by atoms with Gasteiger partial charge in [-0.05, 0) is 68.8 Å². The van der Waals surface area contributed by atoms with Gasteiger partial charge in [-0.3, -0.25) is 14.3 Å². The first-order valence-electron chi connectivity index (χ1n) is 13.6. The van der Waals surface area contributed by atoms with Crippen molar-refractivity contribution < 1.29 is 13.2 Å². The van der Waals surface area contributed by atoms with Crippen LogP contribution in [0.25, 0.3) is 11.0 Å². The van der Waals surface area contributed by atoms with Gasteiger partial charge in [0.2, 0.25) is 5.95 Å². The summed E-state index contributed by atoms with van der Waals surface area (Å²) in [6.45, 7) is 4.03. The molecule has 1 fully saturated rings. The van der Waals surface area contributed by atoms with Gasteiger partial charge in [-0.1, -0.05) is 12.1 Å². The number of hydrogen-bond donors (Lipinski definition) is 1. The monoisotopic (exact) mass is 586 g/mol. The number of likely N-dealkylation sites (N-methyl/N-ethyl adjacent to an activating group) is 1. The highest BCUT2D eigenvalue weighted by Crippen LogP contribution is 2.28. The Hall–Kier alpha value is -4.62. The Balaban J connectivity index is 1.35. The third-order valence-corrected chi connectivity index (χ3v) is 9.03. The van der Waals surface area contributed by atoms with Gasteiger partial charge < -0.3 is 15.0 Å². The van der Waals surface area contributed by atoms with Crippen LogP contribution in [0.15, 0.2) is 83.1 Å². The van der Waals surface area contributed by atoms with E-state index in [-0.39, 0.29) is 29.6 Å². The molecule has 216 valence electrons. The minimum Gasteiger partial charge on any atom is -0.488 e. The SMILES string of the molecule is CCOc1cc2cnc(Nc3ccc(C4CCN(C)C4)cc3)nc2n(Cc2nccn2S(=O)(=O)c2ccncc2)c1=O. The topological polar surface area (TPSA) is 137 Å². The Morgan fingerprint density at radius 1 is 1.07 bits per heavy atom. The molecule has 42 heavy (non-hydrogen) atoms. The number of imidazole rings is 1. The second-order valence-corrected chi connectivity index (χ2v) is 11.9. The minimum absolute atomic E-state index is 0.0526. The largest absolute Gasteiger partial charge is 0.488 e. The second kappa shape index (κ2) is 11.3. The van der Waals surface area contributed by atoms with Crippen molar-refractivity contribution >= 4 is 32.7 Å². The van der Waals surface area contributed by atoms with E-state index >= 15 is 0 Å². The van der Waals surface area contributed by atoms with Crippen molar-refractivity contribution in [1.82, 2.24) is 33.4 Å². The summed E-state index contributed by atoms with van der Waals surface area (Å²) in [5, 5.41) is 3.78. The highest BCUT2D eigenvalue weighted by atomic mass is 32.2. The molecule has 0 saturated carbocycles. The number of rotatable bonds is 9. The highest BCUT2D eigenvalue weighted by molar-refractivity contribution is 7.90. The summed E-state index contributed by atoms with van der Waals surface area (Å²) in [6, 6.07) is 12.6. The van der Waals surface area contributed by atoms with Crippen molar-refractivity contribution in [1.29, 1.82) is 0 Å². The van der Waals surface area contributed by atoms with Crippen molar-refractivity contribution in [2.45, 2.75) is 30.7 Å². The van der Waals surface area contributed by atoms with Gasteiger partial charge in [0.05, 0.1) is 18.0 Å². The van der Waals surface area contributed by atoms with Crippen molar-refractivity contribution in [2.24, 2.45) is 0 Å². The van der Waals surface area contributed by atoms with Crippen LogP contribution in [0.2, 0.25) is 0 Å². The van der Waals surface area contributed by atoms with E-state index in [1.807, 2.05) is 12.1 Å². The Morgan fingerprint density at radius 3 is 2.57 bits per heavy atom. The molecule has 1 N–H and O–H groups in total. The average Bonchev–Trinajstić information content (AvgIpc) is 3.66. The average molecular weight is 587 g/mol. The molecule has 1 aliphatic rings. The molecule has 1 atom stereocenters. The number of nitrogens with zero attached hydrogens (tertiary/aromatic N) is 7. The van der Waals surface area contributed by atoms with E-state index in [0.717, 1.165) is 29.2 Å². The standard InChI is InChI=1S/C29H30N8O4S/c1-3-41-25-16-22-17-32-29(33-23-6-4-20(5-7-23)21-10-14-35(2)18-21)34-27(22)36(28(25)38)19-26-31-13-15-37(26)42(39,40)24-8-11-30-12-9-24/h4-9,11-13,15-17,21H,3,10,14,18-19H2,1-2H3,(H,32,33,34). The summed E-state index contributed by atoms with van der Waals surface area (Å²) in [4.78, 5) is 33.2. The molecular weight excluding hydrogens is 556 g/mol. The van der Waals surface area contributed by atoms with Gasteiger partial charge in [-0.2, -0.15) is 4.98 Å². The van der Waals surface area contributed by atoms with E-state index in [2.05, 4.69) is 49.3 Å². The van der Waals surface area contributed by atoms with Crippen LogP contribution in [-0.4, -0.2) is 68.5 Å². The molecule has 4 aromatic heterocycles. The first-order valence-corrected chi connectivity index (χ1v) is 15.0. The summed E-state index contributed by atoms with van der Waals surface area (Å²) in [5.41, 5.74) is 1.94. The molecule has 1 saturated heterocycles. The maximum absolute atomic E-state index is 13.5. The number of likely N-dealkylation sites (tertiary alicyclic amines) is 1. The Morgan fingerprint density at radius 2 is 1.86 bits per heavy atom. The van der Waals surface area contributed by atoms with Crippen molar-refractivity contribution in [3.8, 4) is 5.75 Å². The van der Waals surface area contributed by atoms with Crippen LogP contribution >= 0.6 is 0 Å². The molecule has 1 unspecified atom stereocenters. The van der Waals surface area contributed by atoms with E-state index in [9.17, 15) is 13.2 Å². The molecule has 1 aromatic carbocycles. The molecule has 6 rings (SSSR count). The lowest BCUT2D eigenvalue weighted by Crippen LogP contribution is -2.26. The van der Waals surface area contributed by atoms with Gasteiger partial charge in [-0.25, -0.2) is 22.4 Å². The predicted octanol–water partition coefficient (Wildman–Crippen LogP) is 3.23. The lowest BCUT2D eigenvalue weighted by Gasteiger charge is -2.15. The number of ether oxygens (including phenoxy) is 1. The van der Waals surface area contributed by atoms with Crippen molar-refractivity contribution in [2.75, 3.05) is 32.1 Å². The number of hydrogen-bond acceptors (Lipinski definition) is 10. The van der Waals surface area contributed by atoms with Gasteiger partial charge >= 0.3 is 0 Å². The molecule has 0 bridgehead atoms. The molecular formula is C29H30N8O4S. The van der Waals surface area contributed by atoms with Gasteiger partial charge in [0.25, 0.3) is 15.6 Å². The van der Waals surface area contributed by atoms with Crippen LogP contribution in [0.5, 0.6) is 5.75 Å². The van der Waals surface area contributed by atoms with Crippen molar-refractivity contribution in [3.63, 3.8) is 0 Å². The third-order valence-electron chi connectivity index (χ3n) is 7.31. The lowest BCUT2D eigenvalue weighted by molar-refractivity contribution is 0.333. The van der Waals surface area contributed by atoms with Gasteiger partial charge in [0.15, 0.2) is 5.75 Å². The summed E-state index contributed by atoms with van der Waals surface area (Å²) >= 11 is 0. The third kappa shape index (κ3) is 5.35. The fourth-order valence-corrected chi connectivity index (χ4v) is 6.48. The molecule has 0 radical (unpaired) electrons. The fourth-order valence-electron chi connectivity index (χ4n) is 5.19. The number of pyridine rings is 2. The van der Waals surface area contributed by atoms with Gasteiger partial charge in [0, 0.05) is 48.6 Å². The molecule has 5 aromatic rings. The van der Waals surface area contributed by atoms with Crippen molar-refractivity contribution in [3.05, 3.63) is 95.2 Å². The molecule has 1 aliphatic heterocycles. The van der Waals surface area contributed by atoms with Crippen LogP contribution in [-0.2, 0) is 16.6 Å². The number of nitrogens with one attached hydrogen (secondary N) is 1. The fraction of sp³-hybridized carbons (Fsp3) is 0.276. The van der Waals surface area contributed by atoms with E-state index in [1.54, 1.807) is 19.2 Å². The quantitative estimate of drug-likeness (QED) is 0.274. The van der Waals surface area contributed by atoms with E-state index < -0.39 is 15.6 Å². The Kier molecular flexibility index (Phi) is 7.43. The Bertz CT molecular complexity index is 1890. The number of fused-ring (bicyclic) bond motifs is 1. The summed E-state index contributed by atoms with van der Waals surface area (Å²) in [5.74, 6) is 1.05. The van der Waals surface area contributed by atoms with Crippen LogP contribution in [0, 0.1) is 0 Å². The molecule has 5 heterocycles. The normalized spacial score (nSPS) is 15.7. The first-order chi connectivity index (χ1) is 20.3. The van der Waals surface area contributed by atoms with Crippen LogP contribution in [0.1, 0.15) is 30.7 Å². The molecule has 0 spiro atoms. The summed E-state index contributed by atoms with van der Waals surface area (Å²) in [7, 11) is -1.84.